The molecule has 1 amide bonds. The van der Waals surface area contributed by atoms with Gasteiger partial charge in [-0.15, -0.1) is 0 Å². The predicted molar refractivity (Wildman–Crippen MR) is 67.7 cm³/mol. The van der Waals surface area contributed by atoms with Crippen molar-refractivity contribution in [1.29, 1.82) is 0 Å². The van der Waals surface area contributed by atoms with E-state index in [1.54, 1.807) is 12.1 Å². The van der Waals surface area contributed by atoms with Crippen molar-refractivity contribution in [2.75, 3.05) is 23.8 Å². The molecule has 1 aliphatic rings. The molecule has 1 aromatic rings. The highest BCUT2D eigenvalue weighted by Gasteiger charge is 2.29. The minimum Gasteiger partial charge on any atom is -0.488 e. The number of nitrogens with two attached hydrogens (primary N) is 1. The van der Waals surface area contributed by atoms with Gasteiger partial charge < -0.3 is 15.2 Å². The van der Waals surface area contributed by atoms with Crippen LogP contribution in [0, 0.1) is 0 Å². The molecular formula is C12H17N3O3. The Balaban J connectivity index is 2.27. The molecule has 0 saturated carbocycles. The third-order valence-corrected chi connectivity index (χ3v) is 2.30. The standard InChI is InChI=1S/C12H17N3O3/c1-12(2,3)18-11(16)15-6-7-17-8-4-5-9(13)14-10(8)15/h4-5H,6-7H2,1-3H3,(H2,13,14). The van der Waals surface area contributed by atoms with Gasteiger partial charge in [-0.1, -0.05) is 0 Å². The average molecular weight is 251 g/mol. The predicted octanol–water partition coefficient (Wildman–Crippen LogP) is 1.80. The number of fused-ring (bicyclic) bond motifs is 1. The Kier molecular flexibility index (Phi) is 3.02. The Morgan fingerprint density at radius 3 is 2.89 bits per heavy atom. The van der Waals surface area contributed by atoms with E-state index in [0.29, 0.717) is 30.5 Å². The highest BCUT2D eigenvalue weighted by molar-refractivity contribution is 5.89. The Bertz CT molecular complexity index is 468. The van der Waals surface area contributed by atoms with Crippen LogP contribution in [0.2, 0.25) is 0 Å². The van der Waals surface area contributed by atoms with E-state index >= 15 is 0 Å². The average Bonchev–Trinajstić information content (AvgIpc) is 2.25. The van der Waals surface area contributed by atoms with Crippen LogP contribution in [0.15, 0.2) is 12.1 Å². The number of rotatable bonds is 0. The number of ether oxygens (including phenoxy) is 2. The van der Waals surface area contributed by atoms with Crippen molar-refractivity contribution in [3.8, 4) is 5.75 Å². The molecule has 98 valence electrons. The second-order valence-corrected chi connectivity index (χ2v) is 5.04. The van der Waals surface area contributed by atoms with Crippen molar-refractivity contribution < 1.29 is 14.3 Å². The van der Waals surface area contributed by atoms with E-state index < -0.39 is 11.7 Å². The zero-order valence-electron chi connectivity index (χ0n) is 10.8. The lowest BCUT2D eigenvalue weighted by molar-refractivity contribution is 0.0566. The monoisotopic (exact) mass is 251 g/mol. The highest BCUT2D eigenvalue weighted by atomic mass is 16.6. The summed E-state index contributed by atoms with van der Waals surface area (Å²) in [5, 5.41) is 0. The van der Waals surface area contributed by atoms with Crippen LogP contribution in [-0.2, 0) is 4.74 Å². The largest absolute Gasteiger partial charge is 0.488 e. The third-order valence-electron chi connectivity index (χ3n) is 2.30. The highest BCUT2D eigenvalue weighted by Crippen LogP contribution is 2.31. The van der Waals surface area contributed by atoms with Gasteiger partial charge >= 0.3 is 6.09 Å². The van der Waals surface area contributed by atoms with Crippen molar-refractivity contribution >= 4 is 17.7 Å². The van der Waals surface area contributed by atoms with Crippen LogP contribution in [0.1, 0.15) is 20.8 Å². The first kappa shape index (κ1) is 12.5. The molecule has 0 spiro atoms. The van der Waals surface area contributed by atoms with Crippen LogP contribution < -0.4 is 15.4 Å². The maximum absolute atomic E-state index is 12.1. The summed E-state index contributed by atoms with van der Waals surface area (Å²) < 4.78 is 10.7. The van der Waals surface area contributed by atoms with E-state index in [1.165, 1.54) is 4.90 Å². The number of nitrogens with zero attached hydrogens (tertiary/aromatic N) is 2. The maximum Gasteiger partial charge on any atom is 0.416 e. The third kappa shape index (κ3) is 2.64. The molecule has 18 heavy (non-hydrogen) atoms. The molecule has 6 heteroatoms. The van der Waals surface area contributed by atoms with Crippen molar-refractivity contribution in [1.82, 2.24) is 4.98 Å². The number of hydrogen-bond donors (Lipinski definition) is 1. The number of nitrogen functional groups attached to an aromatic ring is 1. The van der Waals surface area contributed by atoms with Crippen molar-refractivity contribution in [2.45, 2.75) is 26.4 Å². The Labute approximate surface area is 106 Å². The fourth-order valence-corrected chi connectivity index (χ4v) is 1.60. The molecule has 1 aliphatic heterocycles. The smallest absolute Gasteiger partial charge is 0.416 e. The molecule has 0 saturated heterocycles. The minimum atomic E-state index is -0.546. The summed E-state index contributed by atoms with van der Waals surface area (Å²) >= 11 is 0. The van der Waals surface area contributed by atoms with Crippen LogP contribution in [0.5, 0.6) is 5.75 Å². The molecule has 0 unspecified atom stereocenters. The first-order valence-electron chi connectivity index (χ1n) is 5.77. The molecule has 0 fully saturated rings. The number of pyridine rings is 1. The molecule has 0 atom stereocenters. The molecule has 0 radical (unpaired) electrons. The number of anilines is 2. The summed E-state index contributed by atoms with van der Waals surface area (Å²) in [6, 6.07) is 3.34. The Morgan fingerprint density at radius 2 is 2.22 bits per heavy atom. The van der Waals surface area contributed by atoms with Gasteiger partial charge in [0.25, 0.3) is 0 Å². The Morgan fingerprint density at radius 1 is 1.50 bits per heavy atom. The number of carbonyl (C=O) groups excluding carboxylic acids is 1. The van der Waals surface area contributed by atoms with E-state index in [4.69, 9.17) is 15.2 Å². The second-order valence-electron chi connectivity index (χ2n) is 5.04. The SMILES string of the molecule is CC(C)(C)OC(=O)N1CCOc2ccc(N)nc21. The van der Waals surface area contributed by atoms with E-state index in [1.807, 2.05) is 20.8 Å². The fraction of sp³-hybridized carbons (Fsp3) is 0.500. The molecule has 0 bridgehead atoms. The van der Waals surface area contributed by atoms with E-state index in [2.05, 4.69) is 4.98 Å². The van der Waals surface area contributed by atoms with Crippen LogP contribution in [-0.4, -0.2) is 29.8 Å². The Hall–Kier alpha value is -1.98. The molecule has 6 nitrogen and oxygen atoms in total. The normalized spacial score (nSPS) is 14.7. The molecule has 1 aromatic heterocycles. The zero-order valence-corrected chi connectivity index (χ0v) is 10.8. The quantitative estimate of drug-likeness (QED) is 0.760. The van der Waals surface area contributed by atoms with Crippen LogP contribution in [0.3, 0.4) is 0 Å². The molecule has 2 rings (SSSR count). The van der Waals surface area contributed by atoms with Gasteiger partial charge in [-0.05, 0) is 32.9 Å². The van der Waals surface area contributed by atoms with Crippen molar-refractivity contribution in [2.24, 2.45) is 0 Å². The van der Waals surface area contributed by atoms with Gasteiger partial charge in [-0.2, -0.15) is 0 Å². The number of carbonyl (C=O) groups is 1. The maximum atomic E-state index is 12.1. The zero-order chi connectivity index (χ0) is 13.3. The van der Waals surface area contributed by atoms with E-state index in [9.17, 15) is 4.79 Å². The van der Waals surface area contributed by atoms with Gasteiger partial charge in [0.15, 0.2) is 11.6 Å². The molecule has 2 N–H and O–H groups in total. The van der Waals surface area contributed by atoms with Crippen LogP contribution in [0.4, 0.5) is 16.4 Å². The molecule has 0 aliphatic carbocycles. The minimum absolute atomic E-state index is 0.341. The lowest BCUT2D eigenvalue weighted by Crippen LogP contribution is -2.42. The molecule has 0 aromatic carbocycles. The summed E-state index contributed by atoms with van der Waals surface area (Å²) in [6.45, 7) is 6.27. The van der Waals surface area contributed by atoms with Gasteiger partial charge in [0, 0.05) is 0 Å². The lowest BCUT2D eigenvalue weighted by atomic mass is 10.2. The van der Waals surface area contributed by atoms with Crippen LogP contribution in [0.25, 0.3) is 0 Å². The summed E-state index contributed by atoms with van der Waals surface area (Å²) in [4.78, 5) is 17.6. The summed E-state index contributed by atoms with van der Waals surface area (Å²) in [6.07, 6.45) is -0.440. The van der Waals surface area contributed by atoms with Gasteiger partial charge in [0.1, 0.15) is 18.0 Å². The van der Waals surface area contributed by atoms with Gasteiger partial charge in [0.05, 0.1) is 6.54 Å². The van der Waals surface area contributed by atoms with E-state index in [0.717, 1.165) is 0 Å². The van der Waals surface area contributed by atoms with E-state index in [-0.39, 0.29) is 0 Å². The van der Waals surface area contributed by atoms with Crippen molar-refractivity contribution in [3.63, 3.8) is 0 Å². The number of amides is 1. The second kappa shape index (κ2) is 4.36. The number of hydrogen-bond acceptors (Lipinski definition) is 5. The van der Waals surface area contributed by atoms with Gasteiger partial charge in [0.2, 0.25) is 0 Å². The molecule has 2 heterocycles. The lowest BCUT2D eigenvalue weighted by Gasteiger charge is -2.30. The first-order chi connectivity index (χ1) is 8.37. The summed E-state index contributed by atoms with van der Waals surface area (Å²) in [5.41, 5.74) is 5.08. The van der Waals surface area contributed by atoms with Crippen LogP contribution >= 0.6 is 0 Å². The number of aromatic nitrogens is 1. The molecular weight excluding hydrogens is 234 g/mol. The van der Waals surface area contributed by atoms with Gasteiger partial charge in [-0.25, -0.2) is 9.78 Å². The van der Waals surface area contributed by atoms with Gasteiger partial charge in [-0.3, -0.25) is 4.90 Å². The first-order valence-corrected chi connectivity index (χ1v) is 5.77. The van der Waals surface area contributed by atoms with Crippen molar-refractivity contribution in [3.05, 3.63) is 12.1 Å². The summed E-state index contributed by atoms with van der Waals surface area (Å²) in [7, 11) is 0. The fourth-order valence-electron chi connectivity index (χ4n) is 1.60. The topological polar surface area (TPSA) is 77.7 Å². The summed E-state index contributed by atoms with van der Waals surface area (Å²) in [5.74, 6) is 1.30.